The first-order valence-corrected chi connectivity index (χ1v) is 8.25. The zero-order valence-corrected chi connectivity index (χ0v) is 14.0. The number of nitrogens with one attached hydrogen (secondary N) is 1. The summed E-state index contributed by atoms with van der Waals surface area (Å²) in [4.78, 5) is 0. The van der Waals surface area contributed by atoms with Gasteiger partial charge >= 0.3 is 0 Å². The molecule has 1 heterocycles. The molecule has 120 valence electrons. The first kappa shape index (κ1) is 16.7. The van der Waals surface area contributed by atoms with Gasteiger partial charge in [-0.15, -0.1) is 0 Å². The molecule has 1 fully saturated rings. The van der Waals surface area contributed by atoms with E-state index in [9.17, 15) is 0 Å². The monoisotopic (exact) mass is 314 g/mol. The summed E-state index contributed by atoms with van der Waals surface area (Å²) in [6.07, 6.45) is 6.03. The molecule has 6 heteroatoms. The maximum Gasteiger partial charge on any atom is 0.0850 e. The van der Waals surface area contributed by atoms with E-state index >= 15 is 0 Å². The van der Waals surface area contributed by atoms with Gasteiger partial charge in [0.05, 0.1) is 28.1 Å². The highest BCUT2D eigenvalue weighted by Crippen LogP contribution is 2.37. The molecule has 1 unspecified atom stereocenters. The van der Waals surface area contributed by atoms with Crippen LogP contribution in [0.4, 0.5) is 0 Å². The van der Waals surface area contributed by atoms with Crippen LogP contribution in [-0.4, -0.2) is 28.5 Å². The topological polar surface area (TPSA) is 65.1 Å². The zero-order chi connectivity index (χ0) is 15.5. The molecule has 1 aliphatic carbocycles. The minimum Gasteiger partial charge on any atom is -0.377 e. The summed E-state index contributed by atoms with van der Waals surface area (Å²) < 4.78 is 7.85. The van der Waals surface area contributed by atoms with Crippen molar-refractivity contribution in [2.75, 3.05) is 7.11 Å². The highest BCUT2D eigenvalue weighted by Gasteiger charge is 2.42. The van der Waals surface area contributed by atoms with Gasteiger partial charge in [0.1, 0.15) is 0 Å². The molecule has 0 saturated heterocycles. The molecule has 0 aliphatic heterocycles. The molecule has 5 nitrogen and oxygen atoms in total. The summed E-state index contributed by atoms with van der Waals surface area (Å²) in [6.45, 7) is 4.97. The number of nitrogens with zero attached hydrogens (tertiary/aromatic N) is 2. The Morgan fingerprint density at radius 1 is 1.43 bits per heavy atom. The Balaban J connectivity index is 2.28. The van der Waals surface area contributed by atoms with Crippen molar-refractivity contribution in [3.8, 4) is 0 Å². The van der Waals surface area contributed by atoms with Crippen molar-refractivity contribution in [2.45, 2.75) is 70.6 Å². The molecular weight excluding hydrogens is 288 g/mol. The molecular formula is C15H27ClN4O. The maximum atomic E-state index is 6.51. The van der Waals surface area contributed by atoms with E-state index in [-0.39, 0.29) is 11.6 Å². The molecule has 3 N–H and O–H groups in total. The van der Waals surface area contributed by atoms with Crippen LogP contribution in [0, 0.1) is 0 Å². The summed E-state index contributed by atoms with van der Waals surface area (Å²) >= 11 is 6.51. The lowest BCUT2D eigenvalue weighted by Gasteiger charge is -2.36. The quantitative estimate of drug-likeness (QED) is 0.599. The molecule has 1 atom stereocenters. The third-order valence-corrected chi connectivity index (χ3v) is 5.22. The number of hydrogen-bond donors (Lipinski definition) is 2. The number of halogens is 1. The van der Waals surface area contributed by atoms with Crippen molar-refractivity contribution in [3.63, 3.8) is 0 Å². The summed E-state index contributed by atoms with van der Waals surface area (Å²) in [7, 11) is 1.78. The molecule has 0 amide bonds. The summed E-state index contributed by atoms with van der Waals surface area (Å²) in [5.74, 6) is 5.84. The number of hydrogen-bond acceptors (Lipinski definition) is 4. The number of ether oxygens (including phenoxy) is 1. The van der Waals surface area contributed by atoms with Crippen LogP contribution in [0.2, 0.25) is 5.02 Å². The Labute approximate surface area is 132 Å². The fraction of sp³-hybridized carbons (Fsp3) is 0.800. The van der Waals surface area contributed by atoms with Crippen molar-refractivity contribution in [1.29, 1.82) is 0 Å². The lowest BCUT2D eigenvalue weighted by atomic mass is 9.89. The van der Waals surface area contributed by atoms with E-state index in [0.717, 1.165) is 48.6 Å². The number of aromatic nitrogens is 2. The van der Waals surface area contributed by atoms with E-state index in [2.05, 4.69) is 24.4 Å². The molecule has 0 spiro atoms. The normalized spacial score (nSPS) is 19.1. The largest absolute Gasteiger partial charge is 0.377 e. The SMILES string of the molecule is CCc1nn(CC)c(CC(NN)C2(OC)CCCC2)c1Cl. The number of methoxy groups -OCH3 is 1. The van der Waals surface area contributed by atoms with Gasteiger partial charge in [-0.25, -0.2) is 0 Å². The van der Waals surface area contributed by atoms with Crippen molar-refractivity contribution >= 4 is 11.6 Å². The minimum absolute atomic E-state index is 0.0502. The molecule has 1 aliphatic rings. The van der Waals surface area contributed by atoms with Crippen LogP contribution < -0.4 is 11.3 Å². The van der Waals surface area contributed by atoms with Gasteiger partial charge in [-0.2, -0.15) is 5.10 Å². The number of aryl methyl sites for hydroxylation is 2. The molecule has 1 aromatic heterocycles. The molecule has 1 aromatic rings. The van der Waals surface area contributed by atoms with Crippen molar-refractivity contribution in [1.82, 2.24) is 15.2 Å². The van der Waals surface area contributed by atoms with Crippen LogP contribution in [0.1, 0.15) is 50.9 Å². The van der Waals surface area contributed by atoms with Crippen LogP contribution >= 0.6 is 11.6 Å². The minimum atomic E-state index is -0.187. The van der Waals surface area contributed by atoms with Gasteiger partial charge in [-0.3, -0.25) is 16.0 Å². The van der Waals surface area contributed by atoms with Gasteiger partial charge < -0.3 is 4.74 Å². The Morgan fingerprint density at radius 3 is 2.57 bits per heavy atom. The number of rotatable bonds is 7. The summed E-state index contributed by atoms with van der Waals surface area (Å²) in [5.41, 5.74) is 4.80. The average Bonchev–Trinajstić information content (AvgIpc) is 3.10. The number of nitrogens with two attached hydrogens (primary N) is 1. The third-order valence-electron chi connectivity index (χ3n) is 4.78. The molecule has 0 aromatic carbocycles. The second-order valence-corrected chi connectivity index (χ2v) is 6.15. The van der Waals surface area contributed by atoms with Gasteiger partial charge in [0.25, 0.3) is 0 Å². The van der Waals surface area contributed by atoms with Gasteiger partial charge in [-0.1, -0.05) is 31.4 Å². The lowest BCUT2D eigenvalue weighted by molar-refractivity contribution is -0.0360. The maximum absolute atomic E-state index is 6.51. The van der Waals surface area contributed by atoms with Crippen LogP contribution in [-0.2, 0) is 24.1 Å². The first-order valence-electron chi connectivity index (χ1n) is 7.87. The zero-order valence-electron chi connectivity index (χ0n) is 13.3. The van der Waals surface area contributed by atoms with E-state index in [4.69, 9.17) is 22.2 Å². The molecule has 2 rings (SSSR count). The Kier molecular flexibility index (Phi) is 5.66. The van der Waals surface area contributed by atoms with E-state index in [1.807, 2.05) is 4.68 Å². The van der Waals surface area contributed by atoms with Gasteiger partial charge in [0.15, 0.2) is 0 Å². The fourth-order valence-electron chi connectivity index (χ4n) is 3.47. The average molecular weight is 315 g/mol. The van der Waals surface area contributed by atoms with Crippen molar-refractivity contribution in [3.05, 3.63) is 16.4 Å². The summed E-state index contributed by atoms with van der Waals surface area (Å²) in [5, 5.41) is 5.37. The van der Waals surface area contributed by atoms with E-state index in [1.165, 1.54) is 12.8 Å². The molecule has 0 bridgehead atoms. The Morgan fingerprint density at radius 2 is 2.10 bits per heavy atom. The van der Waals surface area contributed by atoms with Gasteiger partial charge in [0.2, 0.25) is 0 Å². The second kappa shape index (κ2) is 7.09. The Hall–Kier alpha value is -0.620. The predicted octanol–water partition coefficient (Wildman–Crippen LogP) is 2.45. The lowest BCUT2D eigenvalue weighted by Crippen LogP contribution is -2.54. The molecule has 0 radical (unpaired) electrons. The standard InChI is InChI=1S/C15H27ClN4O/c1-4-11-14(16)12(20(5-2)19-11)10-13(18-17)15(21-3)8-6-7-9-15/h13,18H,4-10,17H2,1-3H3. The van der Waals surface area contributed by atoms with Crippen molar-refractivity contribution in [2.24, 2.45) is 5.84 Å². The van der Waals surface area contributed by atoms with Gasteiger partial charge in [0, 0.05) is 20.1 Å². The van der Waals surface area contributed by atoms with E-state index in [0.29, 0.717) is 0 Å². The van der Waals surface area contributed by atoms with Crippen LogP contribution in [0.3, 0.4) is 0 Å². The van der Waals surface area contributed by atoms with E-state index in [1.54, 1.807) is 7.11 Å². The van der Waals surface area contributed by atoms with Crippen LogP contribution in [0.5, 0.6) is 0 Å². The van der Waals surface area contributed by atoms with Crippen molar-refractivity contribution < 1.29 is 4.74 Å². The van der Waals surface area contributed by atoms with Gasteiger partial charge in [-0.05, 0) is 26.2 Å². The predicted molar refractivity (Wildman–Crippen MR) is 85.3 cm³/mol. The highest BCUT2D eigenvalue weighted by molar-refractivity contribution is 6.31. The van der Waals surface area contributed by atoms with Crippen LogP contribution in [0.25, 0.3) is 0 Å². The Bertz CT molecular complexity index is 468. The molecule has 21 heavy (non-hydrogen) atoms. The van der Waals surface area contributed by atoms with E-state index < -0.39 is 0 Å². The fourth-order valence-corrected chi connectivity index (χ4v) is 3.82. The van der Waals surface area contributed by atoms with Crippen LogP contribution in [0.15, 0.2) is 0 Å². The molecule has 1 saturated carbocycles. The first-order chi connectivity index (χ1) is 10.1. The highest BCUT2D eigenvalue weighted by atomic mass is 35.5. The number of hydrazine groups is 1. The smallest absolute Gasteiger partial charge is 0.0850 e. The second-order valence-electron chi connectivity index (χ2n) is 5.78. The third kappa shape index (κ3) is 3.11. The summed E-state index contributed by atoms with van der Waals surface area (Å²) in [6, 6.07) is 0.0502.